The van der Waals surface area contributed by atoms with Crippen molar-refractivity contribution in [1.29, 1.82) is 0 Å². The topological polar surface area (TPSA) is 43.4 Å². The summed E-state index contributed by atoms with van der Waals surface area (Å²) in [5, 5.41) is 6.48. The summed E-state index contributed by atoms with van der Waals surface area (Å²) in [6, 6.07) is 0. The molecule has 18 heavy (non-hydrogen) atoms. The number of nitrogens with one attached hydrogen (secondary N) is 1. The van der Waals surface area contributed by atoms with Gasteiger partial charge in [-0.05, 0) is 25.8 Å². The van der Waals surface area contributed by atoms with Crippen molar-refractivity contribution in [3.05, 3.63) is 16.1 Å². The van der Waals surface area contributed by atoms with Gasteiger partial charge in [-0.25, -0.2) is 4.98 Å². The molecule has 1 aromatic heterocycles. The minimum atomic E-state index is 0.290. The lowest BCUT2D eigenvalue weighted by Gasteiger charge is -2.22. The summed E-state index contributed by atoms with van der Waals surface area (Å²) in [5.74, 6) is 0. The van der Waals surface area contributed by atoms with E-state index in [0.717, 1.165) is 36.8 Å². The van der Waals surface area contributed by atoms with Crippen LogP contribution in [-0.2, 0) is 22.6 Å². The quantitative estimate of drug-likeness (QED) is 0.826. The second kappa shape index (κ2) is 7.84. The van der Waals surface area contributed by atoms with E-state index in [9.17, 15) is 0 Å². The summed E-state index contributed by atoms with van der Waals surface area (Å²) in [6.45, 7) is 6.11. The van der Waals surface area contributed by atoms with Crippen LogP contribution in [0.1, 0.15) is 36.9 Å². The number of thiazole rings is 1. The van der Waals surface area contributed by atoms with E-state index in [1.165, 1.54) is 12.8 Å². The fraction of sp³-hybridized carbons (Fsp3) is 0.769. The Kier molecular flexibility index (Phi) is 6.07. The Labute approximate surface area is 113 Å². The summed E-state index contributed by atoms with van der Waals surface area (Å²) >= 11 is 1.69. The summed E-state index contributed by atoms with van der Waals surface area (Å²) < 4.78 is 11.3. The maximum Gasteiger partial charge on any atom is 0.107 e. The van der Waals surface area contributed by atoms with Crippen LogP contribution < -0.4 is 5.32 Å². The van der Waals surface area contributed by atoms with Crippen molar-refractivity contribution < 1.29 is 9.47 Å². The highest BCUT2D eigenvalue weighted by Crippen LogP contribution is 2.14. The summed E-state index contributed by atoms with van der Waals surface area (Å²) in [6.07, 6.45) is 3.87. The SMILES string of the molecule is CCNCc1nc(COCC2CCCCO2)cs1. The molecule has 0 bridgehead atoms. The smallest absolute Gasteiger partial charge is 0.107 e. The minimum absolute atomic E-state index is 0.290. The third kappa shape index (κ3) is 4.65. The Morgan fingerprint density at radius 1 is 1.56 bits per heavy atom. The molecule has 0 saturated carbocycles. The Hall–Kier alpha value is -0.490. The van der Waals surface area contributed by atoms with Gasteiger partial charge in [0.05, 0.1) is 25.0 Å². The molecular formula is C13H22N2O2S. The number of hydrogen-bond donors (Lipinski definition) is 1. The predicted molar refractivity (Wildman–Crippen MR) is 72.7 cm³/mol. The van der Waals surface area contributed by atoms with Crippen LogP contribution in [0.15, 0.2) is 5.38 Å². The van der Waals surface area contributed by atoms with Crippen LogP contribution >= 0.6 is 11.3 Å². The van der Waals surface area contributed by atoms with Gasteiger partial charge in [-0.3, -0.25) is 0 Å². The van der Waals surface area contributed by atoms with Gasteiger partial charge in [-0.15, -0.1) is 11.3 Å². The number of hydrogen-bond acceptors (Lipinski definition) is 5. The van der Waals surface area contributed by atoms with E-state index in [-0.39, 0.29) is 0 Å². The average molecular weight is 270 g/mol. The van der Waals surface area contributed by atoms with Crippen LogP contribution in [0.3, 0.4) is 0 Å². The zero-order valence-electron chi connectivity index (χ0n) is 11.0. The number of rotatable bonds is 7. The zero-order valence-corrected chi connectivity index (χ0v) is 11.8. The Bertz CT molecular complexity index is 337. The summed E-state index contributed by atoms with van der Waals surface area (Å²) in [7, 11) is 0. The van der Waals surface area contributed by atoms with Gasteiger partial charge in [0.1, 0.15) is 5.01 Å². The van der Waals surface area contributed by atoms with E-state index in [4.69, 9.17) is 9.47 Å². The average Bonchev–Trinajstić information content (AvgIpc) is 2.85. The molecule has 2 rings (SSSR count). The van der Waals surface area contributed by atoms with E-state index in [1.807, 2.05) is 0 Å². The normalized spacial score (nSPS) is 20.2. The van der Waals surface area contributed by atoms with Crippen LogP contribution in [0.4, 0.5) is 0 Å². The van der Waals surface area contributed by atoms with Gasteiger partial charge >= 0.3 is 0 Å². The van der Waals surface area contributed by atoms with Gasteiger partial charge in [0.15, 0.2) is 0 Å². The molecule has 1 aliphatic heterocycles. The van der Waals surface area contributed by atoms with Gasteiger partial charge in [-0.1, -0.05) is 6.92 Å². The zero-order chi connectivity index (χ0) is 12.6. The van der Waals surface area contributed by atoms with Gasteiger partial charge < -0.3 is 14.8 Å². The van der Waals surface area contributed by atoms with Crippen LogP contribution in [0.2, 0.25) is 0 Å². The van der Waals surface area contributed by atoms with E-state index in [1.54, 1.807) is 11.3 Å². The number of nitrogens with zero attached hydrogens (tertiary/aromatic N) is 1. The van der Waals surface area contributed by atoms with Crippen molar-refractivity contribution in [2.24, 2.45) is 0 Å². The van der Waals surface area contributed by atoms with Crippen molar-refractivity contribution in [2.45, 2.75) is 45.4 Å². The molecule has 1 aliphatic rings. The van der Waals surface area contributed by atoms with E-state index >= 15 is 0 Å². The third-order valence-electron chi connectivity index (χ3n) is 2.95. The Morgan fingerprint density at radius 3 is 3.28 bits per heavy atom. The fourth-order valence-corrected chi connectivity index (χ4v) is 2.71. The Balaban J connectivity index is 1.64. The molecule has 1 unspecified atom stereocenters. The molecule has 4 nitrogen and oxygen atoms in total. The molecule has 0 aliphatic carbocycles. The highest BCUT2D eigenvalue weighted by molar-refractivity contribution is 7.09. The molecule has 0 spiro atoms. The molecule has 0 aromatic carbocycles. The van der Waals surface area contributed by atoms with Gasteiger partial charge in [0, 0.05) is 18.5 Å². The second-order valence-corrected chi connectivity index (χ2v) is 5.46. The van der Waals surface area contributed by atoms with Crippen LogP contribution in [0, 0.1) is 0 Å². The van der Waals surface area contributed by atoms with Crippen molar-refractivity contribution in [1.82, 2.24) is 10.3 Å². The summed E-state index contributed by atoms with van der Waals surface area (Å²) in [5.41, 5.74) is 1.03. The van der Waals surface area contributed by atoms with Crippen LogP contribution in [0.5, 0.6) is 0 Å². The molecule has 1 atom stereocenters. The molecule has 1 N–H and O–H groups in total. The van der Waals surface area contributed by atoms with E-state index in [2.05, 4.69) is 22.6 Å². The third-order valence-corrected chi connectivity index (χ3v) is 3.85. The fourth-order valence-electron chi connectivity index (χ4n) is 1.96. The molecule has 1 aromatic rings. The molecule has 1 fully saturated rings. The predicted octanol–water partition coefficient (Wildman–Crippen LogP) is 2.34. The van der Waals surface area contributed by atoms with Crippen LogP contribution in [0.25, 0.3) is 0 Å². The molecule has 1 saturated heterocycles. The van der Waals surface area contributed by atoms with Crippen molar-refractivity contribution in [3.63, 3.8) is 0 Å². The molecule has 0 amide bonds. The van der Waals surface area contributed by atoms with Gasteiger partial charge in [0.2, 0.25) is 0 Å². The molecule has 102 valence electrons. The highest BCUT2D eigenvalue weighted by atomic mass is 32.1. The lowest BCUT2D eigenvalue weighted by molar-refractivity contribution is -0.0452. The van der Waals surface area contributed by atoms with Gasteiger partial charge in [0.25, 0.3) is 0 Å². The lowest BCUT2D eigenvalue weighted by Crippen LogP contribution is -2.24. The first kappa shape index (κ1) is 13.9. The van der Waals surface area contributed by atoms with Crippen molar-refractivity contribution in [3.8, 4) is 0 Å². The van der Waals surface area contributed by atoms with Crippen molar-refractivity contribution >= 4 is 11.3 Å². The van der Waals surface area contributed by atoms with E-state index in [0.29, 0.717) is 19.3 Å². The van der Waals surface area contributed by atoms with Gasteiger partial charge in [-0.2, -0.15) is 0 Å². The summed E-state index contributed by atoms with van der Waals surface area (Å²) in [4.78, 5) is 4.52. The second-order valence-electron chi connectivity index (χ2n) is 4.52. The number of ether oxygens (including phenoxy) is 2. The first-order valence-electron chi connectivity index (χ1n) is 6.72. The van der Waals surface area contributed by atoms with E-state index < -0.39 is 0 Å². The molecular weight excluding hydrogens is 248 g/mol. The van der Waals surface area contributed by atoms with Crippen molar-refractivity contribution in [2.75, 3.05) is 19.8 Å². The molecule has 0 radical (unpaired) electrons. The highest BCUT2D eigenvalue weighted by Gasteiger charge is 2.13. The first-order chi connectivity index (χ1) is 8.88. The van der Waals surface area contributed by atoms with Crippen LogP contribution in [-0.4, -0.2) is 30.8 Å². The largest absolute Gasteiger partial charge is 0.376 e. The monoisotopic (exact) mass is 270 g/mol. The molecule has 5 heteroatoms. The maximum absolute atomic E-state index is 5.68. The Morgan fingerprint density at radius 2 is 2.50 bits per heavy atom. The minimum Gasteiger partial charge on any atom is -0.376 e. The first-order valence-corrected chi connectivity index (χ1v) is 7.59. The lowest BCUT2D eigenvalue weighted by atomic mass is 10.1. The standard InChI is InChI=1S/C13H22N2O2S/c1-2-14-7-13-15-11(10-18-13)8-16-9-12-5-3-4-6-17-12/h10,12,14H,2-9H2,1H3. The molecule has 2 heterocycles. The maximum atomic E-state index is 5.68. The number of aromatic nitrogens is 1.